The highest BCUT2D eigenvalue weighted by atomic mass is 32.2. The summed E-state index contributed by atoms with van der Waals surface area (Å²) in [6.45, 7) is -0.427. The van der Waals surface area contributed by atoms with Crippen LogP contribution >= 0.6 is 0 Å². The molecule has 29 heavy (non-hydrogen) atoms. The normalized spacial score (nSPS) is 16.3. The van der Waals surface area contributed by atoms with Gasteiger partial charge >= 0.3 is 5.97 Å². The number of sulfonamides is 1. The zero-order chi connectivity index (χ0) is 20.4. The molecule has 6 nitrogen and oxygen atoms in total. The van der Waals surface area contributed by atoms with Crippen LogP contribution in [0.1, 0.15) is 30.0 Å². The fraction of sp³-hybridized carbons (Fsp3) is 0.227. The molecule has 0 aliphatic heterocycles. The minimum atomic E-state index is -3.72. The van der Waals surface area contributed by atoms with Crippen LogP contribution in [0.2, 0.25) is 0 Å². The first kappa shape index (κ1) is 19.4. The number of rotatable bonds is 6. The maximum absolute atomic E-state index is 13.0. The number of ether oxygens (including phenoxy) is 1. The topological polar surface area (TPSA) is 92.7 Å². The van der Waals surface area contributed by atoms with E-state index in [9.17, 15) is 13.2 Å². The van der Waals surface area contributed by atoms with E-state index < -0.39 is 22.6 Å². The molecule has 0 radical (unpaired) electrons. The van der Waals surface area contributed by atoms with Gasteiger partial charge < -0.3 is 9.84 Å². The van der Waals surface area contributed by atoms with Crippen molar-refractivity contribution in [1.82, 2.24) is 4.72 Å². The standard InChI is InChI=1S/C22H21NO5S/c24-22(25)14-28-21-10-4-7-18-19(21)8-3-9-20(18)23-29(26,27)17-12-11-15-5-1-2-6-16(15)13-17/h1-2,4-7,10-13,20,23H,3,8-9,14H2,(H,24,25). The predicted octanol–water partition coefficient (Wildman–Crippen LogP) is 3.66. The lowest BCUT2D eigenvalue weighted by Gasteiger charge is -2.27. The Morgan fingerprint density at radius 1 is 1.07 bits per heavy atom. The second-order valence-corrected chi connectivity index (χ2v) is 8.80. The van der Waals surface area contributed by atoms with E-state index in [4.69, 9.17) is 9.84 Å². The van der Waals surface area contributed by atoms with Crippen molar-refractivity contribution < 1.29 is 23.1 Å². The Balaban J connectivity index is 1.63. The number of fused-ring (bicyclic) bond motifs is 2. The van der Waals surface area contributed by atoms with Gasteiger partial charge in [0.15, 0.2) is 6.61 Å². The molecule has 3 aromatic rings. The maximum atomic E-state index is 13.0. The highest BCUT2D eigenvalue weighted by Crippen LogP contribution is 2.36. The highest BCUT2D eigenvalue weighted by Gasteiger charge is 2.27. The van der Waals surface area contributed by atoms with Gasteiger partial charge in [0.1, 0.15) is 5.75 Å². The third-order valence-corrected chi connectivity index (χ3v) is 6.61. The second-order valence-electron chi connectivity index (χ2n) is 7.08. The van der Waals surface area contributed by atoms with Gasteiger partial charge in [-0.1, -0.05) is 42.5 Å². The van der Waals surface area contributed by atoms with Gasteiger partial charge in [0.25, 0.3) is 0 Å². The quantitative estimate of drug-likeness (QED) is 0.646. The third kappa shape index (κ3) is 4.11. The first-order chi connectivity index (χ1) is 13.9. The summed E-state index contributed by atoms with van der Waals surface area (Å²) >= 11 is 0. The van der Waals surface area contributed by atoms with Crippen LogP contribution in [0, 0.1) is 0 Å². The summed E-state index contributed by atoms with van der Waals surface area (Å²) in [4.78, 5) is 11.0. The van der Waals surface area contributed by atoms with E-state index in [-0.39, 0.29) is 10.9 Å². The summed E-state index contributed by atoms with van der Waals surface area (Å²) < 4.78 is 34.3. The van der Waals surface area contributed by atoms with Crippen LogP contribution in [-0.2, 0) is 21.2 Å². The van der Waals surface area contributed by atoms with Gasteiger partial charge in [-0.25, -0.2) is 17.9 Å². The van der Waals surface area contributed by atoms with Crippen molar-refractivity contribution in [3.8, 4) is 5.75 Å². The minimum Gasteiger partial charge on any atom is -0.482 e. The van der Waals surface area contributed by atoms with Crippen molar-refractivity contribution in [3.63, 3.8) is 0 Å². The molecule has 0 spiro atoms. The van der Waals surface area contributed by atoms with Crippen molar-refractivity contribution in [1.29, 1.82) is 0 Å². The number of hydrogen-bond acceptors (Lipinski definition) is 4. The van der Waals surface area contributed by atoms with Crippen LogP contribution in [0.25, 0.3) is 10.8 Å². The molecule has 1 unspecified atom stereocenters. The summed E-state index contributed by atoms with van der Waals surface area (Å²) in [6, 6.07) is 17.7. The van der Waals surface area contributed by atoms with E-state index in [2.05, 4.69) is 4.72 Å². The summed E-state index contributed by atoms with van der Waals surface area (Å²) in [5.41, 5.74) is 1.70. The van der Waals surface area contributed by atoms with Crippen LogP contribution < -0.4 is 9.46 Å². The first-order valence-corrected chi connectivity index (χ1v) is 10.9. The van der Waals surface area contributed by atoms with Gasteiger partial charge in [-0.2, -0.15) is 0 Å². The molecule has 0 fully saturated rings. The van der Waals surface area contributed by atoms with Gasteiger partial charge in [0.05, 0.1) is 4.90 Å². The molecule has 4 rings (SSSR count). The lowest BCUT2D eigenvalue weighted by atomic mass is 9.87. The minimum absolute atomic E-state index is 0.224. The molecule has 1 atom stereocenters. The Bertz CT molecular complexity index is 1170. The molecule has 0 saturated carbocycles. The van der Waals surface area contributed by atoms with E-state index in [1.54, 1.807) is 30.3 Å². The average molecular weight is 411 g/mol. The molecule has 7 heteroatoms. The highest BCUT2D eigenvalue weighted by molar-refractivity contribution is 7.89. The fourth-order valence-corrected chi connectivity index (χ4v) is 5.09. The Hall–Kier alpha value is -2.90. The molecule has 0 saturated heterocycles. The van der Waals surface area contributed by atoms with Gasteiger partial charge in [-0.3, -0.25) is 0 Å². The zero-order valence-corrected chi connectivity index (χ0v) is 16.5. The van der Waals surface area contributed by atoms with Crippen LogP contribution in [0.4, 0.5) is 0 Å². The molecule has 2 N–H and O–H groups in total. The second kappa shape index (κ2) is 7.85. The summed E-state index contributed by atoms with van der Waals surface area (Å²) in [5, 5.41) is 10.7. The van der Waals surface area contributed by atoms with E-state index >= 15 is 0 Å². The molecule has 1 aliphatic rings. The van der Waals surface area contributed by atoms with Crippen LogP contribution in [-0.4, -0.2) is 26.1 Å². The van der Waals surface area contributed by atoms with Crippen LogP contribution in [0.3, 0.4) is 0 Å². The molecular formula is C22H21NO5S. The Labute approximate surface area is 169 Å². The molecule has 0 amide bonds. The van der Waals surface area contributed by atoms with Crippen LogP contribution in [0.5, 0.6) is 5.75 Å². The number of carbonyl (C=O) groups is 1. The number of hydrogen-bond donors (Lipinski definition) is 2. The van der Waals surface area contributed by atoms with Gasteiger partial charge in [-0.15, -0.1) is 0 Å². The van der Waals surface area contributed by atoms with Crippen molar-refractivity contribution in [2.24, 2.45) is 0 Å². The Morgan fingerprint density at radius 3 is 2.66 bits per heavy atom. The van der Waals surface area contributed by atoms with Gasteiger partial charge in [0, 0.05) is 6.04 Å². The molecule has 1 aliphatic carbocycles. The number of carboxylic acids is 1. The molecule has 0 heterocycles. The summed E-state index contributed by atoms with van der Waals surface area (Å²) in [5.74, 6) is -0.550. The first-order valence-electron chi connectivity index (χ1n) is 9.41. The molecule has 0 aromatic heterocycles. The third-order valence-electron chi connectivity index (χ3n) is 5.14. The maximum Gasteiger partial charge on any atom is 0.341 e. The van der Waals surface area contributed by atoms with Crippen molar-refractivity contribution >= 4 is 26.8 Å². The molecule has 0 bridgehead atoms. The SMILES string of the molecule is O=C(O)COc1cccc2c1CCCC2NS(=O)(=O)c1ccc2ccccc2c1. The average Bonchev–Trinajstić information content (AvgIpc) is 2.72. The summed E-state index contributed by atoms with van der Waals surface area (Å²) in [6.07, 6.45) is 2.17. The number of carboxylic acid groups (broad SMARTS) is 1. The lowest BCUT2D eigenvalue weighted by molar-refractivity contribution is -0.139. The number of aliphatic carboxylic acids is 1. The smallest absolute Gasteiger partial charge is 0.341 e. The van der Waals surface area contributed by atoms with Crippen molar-refractivity contribution in [2.75, 3.05) is 6.61 Å². The predicted molar refractivity (Wildman–Crippen MR) is 110 cm³/mol. The molecule has 150 valence electrons. The van der Waals surface area contributed by atoms with Crippen LogP contribution in [0.15, 0.2) is 65.6 Å². The van der Waals surface area contributed by atoms with E-state index in [0.29, 0.717) is 12.2 Å². The lowest BCUT2D eigenvalue weighted by Crippen LogP contribution is -2.31. The Morgan fingerprint density at radius 2 is 1.86 bits per heavy atom. The largest absolute Gasteiger partial charge is 0.482 e. The monoisotopic (exact) mass is 411 g/mol. The van der Waals surface area contributed by atoms with Gasteiger partial charge in [-0.05, 0) is 59.4 Å². The van der Waals surface area contributed by atoms with Crippen molar-refractivity contribution in [2.45, 2.75) is 30.2 Å². The van der Waals surface area contributed by atoms with Crippen molar-refractivity contribution in [3.05, 3.63) is 71.8 Å². The van der Waals surface area contributed by atoms with E-state index in [1.165, 1.54) is 0 Å². The zero-order valence-electron chi connectivity index (χ0n) is 15.7. The molecular weight excluding hydrogens is 390 g/mol. The Kier molecular flexibility index (Phi) is 5.25. The summed E-state index contributed by atoms with van der Waals surface area (Å²) in [7, 11) is -3.72. The number of nitrogens with one attached hydrogen (secondary N) is 1. The number of benzene rings is 3. The van der Waals surface area contributed by atoms with E-state index in [0.717, 1.165) is 34.7 Å². The molecule has 3 aromatic carbocycles. The van der Waals surface area contributed by atoms with E-state index in [1.807, 2.05) is 30.3 Å². The fourth-order valence-electron chi connectivity index (χ4n) is 3.80. The van der Waals surface area contributed by atoms with Gasteiger partial charge in [0.2, 0.25) is 10.0 Å².